The number of carbonyl (C=O) groups excluding carboxylic acids is 1. The molecule has 1 aliphatic rings. The molecule has 0 unspecified atom stereocenters. The Morgan fingerprint density at radius 3 is 2.04 bits per heavy atom. The van der Waals surface area contributed by atoms with E-state index >= 15 is 0 Å². The van der Waals surface area contributed by atoms with Crippen molar-refractivity contribution in [2.24, 2.45) is 5.16 Å². The van der Waals surface area contributed by atoms with Crippen molar-refractivity contribution in [3.05, 3.63) is 71.8 Å². The third-order valence-electron chi connectivity index (χ3n) is 3.79. The van der Waals surface area contributed by atoms with Crippen LogP contribution in [0.5, 0.6) is 0 Å². The van der Waals surface area contributed by atoms with Crippen LogP contribution in [0.2, 0.25) is 0 Å². The van der Waals surface area contributed by atoms with Gasteiger partial charge in [0, 0.05) is 11.1 Å². The molecule has 0 spiro atoms. The fourth-order valence-corrected chi connectivity index (χ4v) is 2.72. The van der Waals surface area contributed by atoms with E-state index in [2.05, 4.69) is 5.16 Å². The molecule has 0 saturated carbocycles. The summed E-state index contributed by atoms with van der Waals surface area (Å²) in [5, 5.41) is 4.04. The normalized spacial score (nSPS) is 15.9. The van der Waals surface area contributed by atoms with E-state index in [4.69, 9.17) is 9.57 Å². The van der Waals surface area contributed by atoms with Crippen LogP contribution in [0.25, 0.3) is 0 Å². The summed E-state index contributed by atoms with van der Waals surface area (Å²) in [6.07, 6.45) is 0.167. The third kappa shape index (κ3) is 2.97. The fraction of sp³-hybridized carbons (Fsp3) is 0.263. The first kappa shape index (κ1) is 15.3. The van der Waals surface area contributed by atoms with Gasteiger partial charge in [-0.3, -0.25) is 0 Å². The van der Waals surface area contributed by atoms with Gasteiger partial charge in [-0.05, 0) is 13.8 Å². The number of benzene rings is 2. The predicted molar refractivity (Wildman–Crippen MR) is 88.0 cm³/mol. The monoisotopic (exact) mass is 309 g/mol. The van der Waals surface area contributed by atoms with Crippen LogP contribution in [0.15, 0.2) is 65.8 Å². The number of esters is 1. The SMILES string of the molecule is CC(C)OC(=O)C1=NOC(c2ccccc2)(c2ccccc2)C1. The predicted octanol–water partition coefficient (Wildman–Crippen LogP) is 3.66. The number of carbonyl (C=O) groups is 1. The van der Waals surface area contributed by atoms with Gasteiger partial charge in [-0.2, -0.15) is 0 Å². The van der Waals surface area contributed by atoms with Gasteiger partial charge in [0.15, 0.2) is 11.3 Å². The minimum Gasteiger partial charge on any atom is -0.458 e. The van der Waals surface area contributed by atoms with Crippen molar-refractivity contribution in [2.75, 3.05) is 0 Å². The average Bonchev–Trinajstić information content (AvgIpc) is 3.03. The lowest BCUT2D eigenvalue weighted by Crippen LogP contribution is -2.30. The second-order valence-electron chi connectivity index (χ2n) is 5.82. The van der Waals surface area contributed by atoms with E-state index in [1.54, 1.807) is 0 Å². The summed E-state index contributed by atoms with van der Waals surface area (Å²) >= 11 is 0. The van der Waals surface area contributed by atoms with E-state index in [0.29, 0.717) is 12.1 Å². The number of oxime groups is 1. The molecule has 0 radical (unpaired) electrons. The molecule has 4 nitrogen and oxygen atoms in total. The summed E-state index contributed by atoms with van der Waals surface area (Å²) in [4.78, 5) is 18.0. The fourth-order valence-electron chi connectivity index (χ4n) is 2.72. The number of nitrogens with zero attached hydrogens (tertiary/aromatic N) is 1. The first-order valence-electron chi connectivity index (χ1n) is 7.69. The lowest BCUT2D eigenvalue weighted by Gasteiger charge is -2.27. The molecule has 23 heavy (non-hydrogen) atoms. The lowest BCUT2D eigenvalue weighted by atomic mass is 9.82. The Kier molecular flexibility index (Phi) is 4.15. The quantitative estimate of drug-likeness (QED) is 0.810. The van der Waals surface area contributed by atoms with E-state index in [0.717, 1.165) is 11.1 Å². The first-order valence-corrected chi connectivity index (χ1v) is 7.69. The average molecular weight is 309 g/mol. The standard InChI is InChI=1S/C19H19NO3/c1-14(2)22-18(21)17-13-19(23-20-17,15-9-5-3-6-10-15)16-11-7-4-8-12-16/h3-12,14H,13H2,1-2H3. The summed E-state index contributed by atoms with van der Waals surface area (Å²) in [5.74, 6) is -0.422. The zero-order valence-electron chi connectivity index (χ0n) is 13.2. The molecule has 0 fully saturated rings. The Morgan fingerprint density at radius 1 is 1.04 bits per heavy atom. The molecule has 2 aromatic rings. The molecule has 0 saturated heterocycles. The van der Waals surface area contributed by atoms with Gasteiger partial charge in [-0.15, -0.1) is 0 Å². The van der Waals surface area contributed by atoms with Crippen molar-refractivity contribution < 1.29 is 14.4 Å². The van der Waals surface area contributed by atoms with Crippen molar-refractivity contribution in [2.45, 2.75) is 32.0 Å². The number of rotatable bonds is 4. The molecule has 0 aliphatic carbocycles. The van der Waals surface area contributed by atoms with Crippen LogP contribution in [-0.4, -0.2) is 17.8 Å². The Hall–Kier alpha value is -2.62. The van der Waals surface area contributed by atoms with Gasteiger partial charge in [-0.25, -0.2) is 4.79 Å². The molecule has 1 aliphatic heterocycles. The molecule has 118 valence electrons. The Labute approximate surface area is 135 Å². The third-order valence-corrected chi connectivity index (χ3v) is 3.79. The van der Waals surface area contributed by atoms with E-state index in [9.17, 15) is 4.79 Å². The molecule has 0 N–H and O–H groups in total. The summed E-state index contributed by atoms with van der Waals surface area (Å²) in [7, 11) is 0. The first-order chi connectivity index (χ1) is 11.1. The Balaban J connectivity index is 1.96. The molecule has 1 heterocycles. The van der Waals surface area contributed by atoms with E-state index in [1.165, 1.54) is 0 Å². The molecule has 3 rings (SSSR count). The Bertz CT molecular complexity index is 668. The number of hydrogen-bond donors (Lipinski definition) is 0. The van der Waals surface area contributed by atoms with Gasteiger partial charge in [0.05, 0.1) is 12.5 Å². The van der Waals surface area contributed by atoms with Gasteiger partial charge in [0.25, 0.3) is 0 Å². The van der Waals surface area contributed by atoms with Crippen LogP contribution in [0, 0.1) is 0 Å². The molecule has 2 aromatic carbocycles. The van der Waals surface area contributed by atoms with Crippen LogP contribution in [0.3, 0.4) is 0 Å². The molecule has 0 atom stereocenters. The maximum atomic E-state index is 12.2. The lowest BCUT2D eigenvalue weighted by molar-refractivity contribution is -0.139. The van der Waals surface area contributed by atoms with Gasteiger partial charge in [0.1, 0.15) is 0 Å². The summed E-state index contributed by atoms with van der Waals surface area (Å²) in [6.45, 7) is 3.63. The highest BCUT2D eigenvalue weighted by Gasteiger charge is 2.45. The highest BCUT2D eigenvalue weighted by atomic mass is 16.7. The van der Waals surface area contributed by atoms with Crippen molar-refractivity contribution in [3.63, 3.8) is 0 Å². The van der Waals surface area contributed by atoms with E-state index in [-0.39, 0.29) is 6.10 Å². The van der Waals surface area contributed by atoms with Crippen LogP contribution in [-0.2, 0) is 20.0 Å². The zero-order chi connectivity index (χ0) is 16.3. The van der Waals surface area contributed by atoms with Crippen LogP contribution < -0.4 is 0 Å². The molecule has 0 amide bonds. The van der Waals surface area contributed by atoms with Gasteiger partial charge in [-0.1, -0.05) is 65.8 Å². The smallest absolute Gasteiger partial charge is 0.356 e. The van der Waals surface area contributed by atoms with Crippen LogP contribution in [0.4, 0.5) is 0 Å². The van der Waals surface area contributed by atoms with E-state index < -0.39 is 11.6 Å². The highest BCUT2D eigenvalue weighted by molar-refractivity contribution is 6.37. The zero-order valence-corrected chi connectivity index (χ0v) is 13.2. The number of hydrogen-bond acceptors (Lipinski definition) is 4. The van der Waals surface area contributed by atoms with Crippen molar-refractivity contribution >= 4 is 11.7 Å². The molecular weight excluding hydrogens is 290 g/mol. The maximum absolute atomic E-state index is 12.2. The molecule has 4 heteroatoms. The number of ether oxygens (including phenoxy) is 1. The van der Waals surface area contributed by atoms with E-state index in [1.807, 2.05) is 74.5 Å². The summed E-state index contributed by atoms with van der Waals surface area (Å²) in [6, 6.07) is 19.7. The topological polar surface area (TPSA) is 47.9 Å². The second-order valence-corrected chi connectivity index (χ2v) is 5.82. The second kappa shape index (κ2) is 6.24. The minimum atomic E-state index is -0.784. The maximum Gasteiger partial charge on any atom is 0.356 e. The summed E-state index contributed by atoms with van der Waals surface area (Å²) < 4.78 is 5.25. The van der Waals surface area contributed by atoms with Crippen molar-refractivity contribution in [1.29, 1.82) is 0 Å². The highest BCUT2D eigenvalue weighted by Crippen LogP contribution is 2.41. The molecule has 0 aromatic heterocycles. The van der Waals surface area contributed by atoms with Crippen LogP contribution >= 0.6 is 0 Å². The van der Waals surface area contributed by atoms with Crippen molar-refractivity contribution in [3.8, 4) is 0 Å². The van der Waals surface area contributed by atoms with Gasteiger partial charge < -0.3 is 9.57 Å². The Morgan fingerprint density at radius 2 is 1.57 bits per heavy atom. The van der Waals surface area contributed by atoms with Gasteiger partial charge in [0.2, 0.25) is 0 Å². The van der Waals surface area contributed by atoms with Crippen LogP contribution in [0.1, 0.15) is 31.4 Å². The molecular formula is C19H19NO3. The largest absolute Gasteiger partial charge is 0.458 e. The molecule has 0 bridgehead atoms. The minimum absolute atomic E-state index is 0.186. The van der Waals surface area contributed by atoms with Gasteiger partial charge >= 0.3 is 5.97 Å². The summed E-state index contributed by atoms with van der Waals surface area (Å²) in [5.41, 5.74) is 1.45. The van der Waals surface area contributed by atoms with Crippen molar-refractivity contribution in [1.82, 2.24) is 0 Å².